The Kier molecular flexibility index (Phi) is 5.69. The molecule has 0 bridgehead atoms. The second kappa shape index (κ2) is 6.81. The highest BCUT2D eigenvalue weighted by atomic mass is 79.9. The monoisotopic (exact) mass is 313 g/mol. The first-order chi connectivity index (χ1) is 8.49. The molecule has 2 N–H and O–H groups in total. The summed E-state index contributed by atoms with van der Waals surface area (Å²) in [4.78, 5) is 0. The summed E-state index contributed by atoms with van der Waals surface area (Å²) in [7, 11) is 1.54. The van der Waals surface area contributed by atoms with Crippen LogP contribution in [0.3, 0.4) is 0 Å². The van der Waals surface area contributed by atoms with E-state index in [0.717, 1.165) is 12.1 Å². The van der Waals surface area contributed by atoms with Crippen LogP contribution in [0, 0.1) is 0 Å². The van der Waals surface area contributed by atoms with Crippen LogP contribution < -0.4 is 10.1 Å². The van der Waals surface area contributed by atoms with Crippen LogP contribution in [0.2, 0.25) is 0 Å². The maximum Gasteiger partial charge on any atom is 0.172 e. The summed E-state index contributed by atoms with van der Waals surface area (Å²) < 4.78 is 5.77. The standard InChI is InChI=1S/C14H20BrNO2/c1-5-16-10(3)9(2)6-11-7-12(15)14(17)13(8-11)18-4/h6-8,10,16-17H,5H2,1-4H3/b9-6+. The lowest BCUT2D eigenvalue weighted by Crippen LogP contribution is -2.26. The molecule has 0 amide bonds. The van der Waals surface area contributed by atoms with Gasteiger partial charge in [0.1, 0.15) is 0 Å². The highest BCUT2D eigenvalue weighted by molar-refractivity contribution is 9.10. The summed E-state index contributed by atoms with van der Waals surface area (Å²) in [6.07, 6.45) is 2.08. The number of nitrogens with one attached hydrogen (secondary N) is 1. The quantitative estimate of drug-likeness (QED) is 0.873. The largest absolute Gasteiger partial charge is 0.503 e. The van der Waals surface area contributed by atoms with E-state index in [2.05, 4.69) is 48.1 Å². The van der Waals surface area contributed by atoms with Crippen molar-refractivity contribution >= 4 is 22.0 Å². The van der Waals surface area contributed by atoms with E-state index in [4.69, 9.17) is 4.74 Å². The van der Waals surface area contributed by atoms with Crippen molar-refractivity contribution < 1.29 is 9.84 Å². The van der Waals surface area contributed by atoms with Crippen molar-refractivity contribution in [3.05, 3.63) is 27.7 Å². The molecule has 1 rings (SSSR count). The Morgan fingerprint density at radius 3 is 2.78 bits per heavy atom. The lowest BCUT2D eigenvalue weighted by molar-refractivity contribution is 0.372. The molecular formula is C14H20BrNO2. The maximum atomic E-state index is 9.74. The number of phenols is 1. The van der Waals surface area contributed by atoms with Crippen molar-refractivity contribution in [2.24, 2.45) is 0 Å². The van der Waals surface area contributed by atoms with Crippen LogP contribution in [-0.4, -0.2) is 24.8 Å². The van der Waals surface area contributed by atoms with E-state index < -0.39 is 0 Å². The van der Waals surface area contributed by atoms with Crippen LogP contribution in [0.5, 0.6) is 11.5 Å². The van der Waals surface area contributed by atoms with Crippen molar-refractivity contribution in [2.45, 2.75) is 26.8 Å². The highest BCUT2D eigenvalue weighted by Crippen LogP contribution is 2.35. The third-order valence-corrected chi connectivity index (χ3v) is 3.46. The molecule has 1 unspecified atom stereocenters. The molecule has 0 aliphatic rings. The first kappa shape index (κ1) is 15.1. The van der Waals surface area contributed by atoms with Crippen LogP contribution in [0.25, 0.3) is 6.08 Å². The summed E-state index contributed by atoms with van der Waals surface area (Å²) in [5.41, 5.74) is 2.23. The molecule has 0 heterocycles. The Labute approximate surface area is 117 Å². The van der Waals surface area contributed by atoms with Gasteiger partial charge in [-0.05, 0) is 54.0 Å². The first-order valence-corrected chi connectivity index (χ1v) is 6.77. The third kappa shape index (κ3) is 3.75. The van der Waals surface area contributed by atoms with Gasteiger partial charge >= 0.3 is 0 Å². The molecule has 0 saturated carbocycles. The molecule has 1 aromatic rings. The van der Waals surface area contributed by atoms with Gasteiger partial charge < -0.3 is 15.2 Å². The zero-order chi connectivity index (χ0) is 13.7. The Bertz CT molecular complexity index is 444. The summed E-state index contributed by atoms with van der Waals surface area (Å²) in [5.74, 6) is 0.603. The van der Waals surface area contributed by atoms with Gasteiger partial charge in [-0.3, -0.25) is 0 Å². The van der Waals surface area contributed by atoms with Crippen LogP contribution in [0.4, 0.5) is 0 Å². The van der Waals surface area contributed by atoms with Gasteiger partial charge in [0.25, 0.3) is 0 Å². The van der Waals surface area contributed by atoms with Crippen molar-refractivity contribution in [2.75, 3.05) is 13.7 Å². The Morgan fingerprint density at radius 1 is 1.56 bits per heavy atom. The van der Waals surface area contributed by atoms with Crippen LogP contribution in [0.15, 0.2) is 22.2 Å². The molecule has 4 heteroatoms. The number of hydrogen-bond donors (Lipinski definition) is 2. The fourth-order valence-electron chi connectivity index (χ4n) is 1.69. The molecule has 0 aromatic heterocycles. The molecule has 0 radical (unpaired) electrons. The van der Waals surface area contributed by atoms with E-state index in [1.54, 1.807) is 7.11 Å². The fourth-order valence-corrected chi connectivity index (χ4v) is 2.15. The van der Waals surface area contributed by atoms with Crippen molar-refractivity contribution in [1.29, 1.82) is 0 Å². The highest BCUT2D eigenvalue weighted by Gasteiger charge is 2.08. The molecule has 100 valence electrons. The Morgan fingerprint density at radius 2 is 2.22 bits per heavy atom. The predicted molar refractivity (Wildman–Crippen MR) is 79.1 cm³/mol. The van der Waals surface area contributed by atoms with Gasteiger partial charge in [-0.2, -0.15) is 0 Å². The zero-order valence-electron chi connectivity index (χ0n) is 11.2. The second-order valence-corrected chi connectivity index (χ2v) is 5.08. The van der Waals surface area contributed by atoms with Gasteiger partial charge in [0, 0.05) is 6.04 Å². The average Bonchev–Trinajstić information content (AvgIpc) is 2.33. The third-order valence-electron chi connectivity index (χ3n) is 2.86. The van der Waals surface area contributed by atoms with Gasteiger partial charge in [-0.25, -0.2) is 0 Å². The first-order valence-electron chi connectivity index (χ1n) is 5.97. The SMILES string of the molecule is CCNC(C)/C(C)=C/c1cc(Br)c(O)c(OC)c1. The number of aromatic hydroxyl groups is 1. The lowest BCUT2D eigenvalue weighted by Gasteiger charge is -2.13. The molecular weight excluding hydrogens is 294 g/mol. The molecule has 0 fully saturated rings. The van der Waals surface area contributed by atoms with Gasteiger partial charge in [-0.1, -0.05) is 18.6 Å². The summed E-state index contributed by atoms with van der Waals surface area (Å²) in [6.45, 7) is 7.24. The number of benzene rings is 1. The zero-order valence-corrected chi connectivity index (χ0v) is 12.8. The molecule has 1 aromatic carbocycles. The topological polar surface area (TPSA) is 41.5 Å². The number of phenolic OH excluding ortho intramolecular Hbond substituents is 1. The number of rotatable bonds is 5. The molecule has 0 aliphatic carbocycles. The van der Waals surface area contributed by atoms with E-state index in [9.17, 15) is 5.11 Å². The van der Waals surface area contributed by atoms with E-state index in [1.807, 2.05) is 12.1 Å². The van der Waals surface area contributed by atoms with E-state index >= 15 is 0 Å². The molecule has 0 saturated heterocycles. The lowest BCUT2D eigenvalue weighted by atomic mass is 10.1. The smallest absolute Gasteiger partial charge is 0.172 e. The van der Waals surface area contributed by atoms with E-state index in [0.29, 0.717) is 16.3 Å². The molecule has 0 spiro atoms. The van der Waals surface area contributed by atoms with E-state index in [-0.39, 0.29) is 5.75 Å². The van der Waals surface area contributed by atoms with Crippen LogP contribution >= 0.6 is 15.9 Å². The maximum absolute atomic E-state index is 9.74. The molecule has 0 aliphatic heterocycles. The van der Waals surface area contributed by atoms with Crippen LogP contribution in [0.1, 0.15) is 26.3 Å². The molecule has 3 nitrogen and oxygen atoms in total. The van der Waals surface area contributed by atoms with E-state index in [1.165, 1.54) is 5.57 Å². The van der Waals surface area contributed by atoms with Gasteiger partial charge in [0.2, 0.25) is 0 Å². The number of methoxy groups -OCH3 is 1. The predicted octanol–water partition coefficient (Wildman–Crippen LogP) is 3.56. The van der Waals surface area contributed by atoms with Gasteiger partial charge in [0.15, 0.2) is 11.5 Å². The summed E-state index contributed by atoms with van der Waals surface area (Å²) in [5, 5.41) is 13.1. The van der Waals surface area contributed by atoms with Crippen molar-refractivity contribution in [3.8, 4) is 11.5 Å². The Balaban J connectivity index is 3.04. The minimum atomic E-state index is 0.132. The fraction of sp³-hybridized carbons (Fsp3) is 0.429. The second-order valence-electron chi connectivity index (χ2n) is 4.22. The summed E-state index contributed by atoms with van der Waals surface area (Å²) >= 11 is 3.32. The van der Waals surface area contributed by atoms with Gasteiger partial charge in [-0.15, -0.1) is 0 Å². The number of likely N-dealkylation sites (N-methyl/N-ethyl adjacent to an activating group) is 1. The molecule has 18 heavy (non-hydrogen) atoms. The average molecular weight is 314 g/mol. The number of hydrogen-bond acceptors (Lipinski definition) is 3. The number of ether oxygens (including phenoxy) is 1. The Hall–Kier alpha value is -1.00. The van der Waals surface area contributed by atoms with Crippen LogP contribution in [-0.2, 0) is 0 Å². The molecule has 1 atom stereocenters. The number of halogens is 1. The minimum absolute atomic E-state index is 0.132. The van der Waals surface area contributed by atoms with Crippen molar-refractivity contribution in [1.82, 2.24) is 5.32 Å². The van der Waals surface area contributed by atoms with Gasteiger partial charge in [0.05, 0.1) is 11.6 Å². The summed E-state index contributed by atoms with van der Waals surface area (Å²) in [6, 6.07) is 4.02. The normalized spacial score (nSPS) is 13.5. The van der Waals surface area contributed by atoms with Crippen molar-refractivity contribution in [3.63, 3.8) is 0 Å². The minimum Gasteiger partial charge on any atom is -0.503 e.